The van der Waals surface area contributed by atoms with E-state index in [9.17, 15) is 0 Å². The summed E-state index contributed by atoms with van der Waals surface area (Å²) in [6, 6.07) is 8.80. The summed E-state index contributed by atoms with van der Waals surface area (Å²) in [6.45, 7) is 4.34. The van der Waals surface area contributed by atoms with Crippen molar-refractivity contribution >= 4 is 6.08 Å². The summed E-state index contributed by atoms with van der Waals surface area (Å²) in [4.78, 5) is 2.53. The van der Waals surface area contributed by atoms with Gasteiger partial charge in [0.25, 0.3) is 0 Å². The number of hydrogen-bond acceptors (Lipinski definition) is 2. The molecule has 1 heterocycles. The van der Waals surface area contributed by atoms with Gasteiger partial charge in [-0.15, -0.1) is 0 Å². The summed E-state index contributed by atoms with van der Waals surface area (Å²) >= 11 is 0. The van der Waals surface area contributed by atoms with Crippen LogP contribution in [0.4, 0.5) is 0 Å². The molecule has 1 aromatic carbocycles. The Morgan fingerprint density at radius 3 is 2.82 bits per heavy atom. The Balaban J connectivity index is 1.95. The molecule has 0 atom stereocenters. The molecule has 0 bridgehead atoms. The van der Waals surface area contributed by atoms with Crippen molar-refractivity contribution in [2.24, 2.45) is 5.73 Å². The van der Waals surface area contributed by atoms with Crippen molar-refractivity contribution in [2.75, 3.05) is 19.6 Å². The molecule has 17 heavy (non-hydrogen) atoms. The fourth-order valence-electron chi connectivity index (χ4n) is 2.31. The van der Waals surface area contributed by atoms with Gasteiger partial charge in [0.1, 0.15) is 0 Å². The normalized spacial score (nSPS) is 17.0. The maximum absolute atomic E-state index is 5.47. The number of likely N-dealkylation sites (tertiary alicyclic amines) is 1. The second kappa shape index (κ2) is 6.58. The third kappa shape index (κ3) is 3.99. The highest BCUT2D eigenvalue weighted by molar-refractivity contribution is 5.50. The maximum atomic E-state index is 5.47. The topological polar surface area (TPSA) is 29.3 Å². The molecule has 2 N–H and O–H groups in total. The lowest BCUT2D eigenvalue weighted by molar-refractivity contribution is 0.331. The van der Waals surface area contributed by atoms with Crippen molar-refractivity contribution in [1.29, 1.82) is 0 Å². The fourth-order valence-corrected chi connectivity index (χ4v) is 2.31. The number of nitrogens with zero attached hydrogens (tertiary/aromatic N) is 1. The van der Waals surface area contributed by atoms with Crippen LogP contribution < -0.4 is 5.73 Å². The molecule has 0 amide bonds. The highest BCUT2D eigenvalue weighted by atomic mass is 15.1. The van der Waals surface area contributed by atoms with Crippen LogP contribution in [0.2, 0.25) is 0 Å². The van der Waals surface area contributed by atoms with Gasteiger partial charge < -0.3 is 5.73 Å². The molecule has 1 saturated heterocycles. The van der Waals surface area contributed by atoms with Gasteiger partial charge >= 0.3 is 0 Å². The number of rotatable bonds is 5. The van der Waals surface area contributed by atoms with Crippen molar-refractivity contribution in [1.82, 2.24) is 4.90 Å². The molecule has 92 valence electrons. The Kier molecular flexibility index (Phi) is 4.77. The van der Waals surface area contributed by atoms with Crippen LogP contribution in [-0.2, 0) is 6.54 Å². The molecule has 1 fully saturated rings. The van der Waals surface area contributed by atoms with E-state index in [2.05, 4.69) is 41.3 Å². The average molecular weight is 230 g/mol. The highest BCUT2D eigenvalue weighted by Gasteiger charge is 2.11. The van der Waals surface area contributed by atoms with E-state index < -0.39 is 0 Å². The van der Waals surface area contributed by atoms with Gasteiger partial charge in [-0.2, -0.15) is 0 Å². The summed E-state index contributed by atoms with van der Waals surface area (Å²) in [5.41, 5.74) is 8.18. The first kappa shape index (κ1) is 12.3. The Labute approximate surface area is 104 Å². The van der Waals surface area contributed by atoms with Crippen LogP contribution in [0.25, 0.3) is 6.08 Å². The second-order valence-electron chi connectivity index (χ2n) is 4.71. The molecular formula is C15H22N2. The number of benzene rings is 1. The van der Waals surface area contributed by atoms with Crippen molar-refractivity contribution < 1.29 is 0 Å². The van der Waals surface area contributed by atoms with Crippen LogP contribution in [0.3, 0.4) is 0 Å². The van der Waals surface area contributed by atoms with Crippen LogP contribution >= 0.6 is 0 Å². The zero-order valence-electron chi connectivity index (χ0n) is 10.4. The highest BCUT2D eigenvalue weighted by Crippen LogP contribution is 2.14. The van der Waals surface area contributed by atoms with E-state index in [1.165, 1.54) is 37.1 Å². The summed E-state index contributed by atoms with van der Waals surface area (Å²) < 4.78 is 0. The zero-order chi connectivity index (χ0) is 11.9. The Morgan fingerprint density at radius 2 is 2.06 bits per heavy atom. The molecule has 0 radical (unpaired) electrons. The number of nitrogens with two attached hydrogens (primary N) is 1. The summed E-state index contributed by atoms with van der Waals surface area (Å²) in [5.74, 6) is 0. The van der Waals surface area contributed by atoms with E-state index in [0.29, 0.717) is 0 Å². The van der Waals surface area contributed by atoms with Crippen LogP contribution in [-0.4, -0.2) is 24.5 Å². The van der Waals surface area contributed by atoms with Crippen LogP contribution in [0, 0.1) is 0 Å². The summed E-state index contributed by atoms with van der Waals surface area (Å²) in [7, 11) is 0. The minimum Gasteiger partial charge on any atom is -0.330 e. The van der Waals surface area contributed by atoms with Gasteiger partial charge in [0.15, 0.2) is 0 Å². The SMILES string of the molecule is NCCC=Cc1cccc(CN2CCCC2)c1. The second-order valence-corrected chi connectivity index (χ2v) is 4.71. The molecule has 2 rings (SSSR count). The van der Waals surface area contributed by atoms with Gasteiger partial charge in [-0.05, 0) is 50.0 Å². The van der Waals surface area contributed by atoms with Crippen molar-refractivity contribution in [3.05, 3.63) is 41.5 Å². The van der Waals surface area contributed by atoms with Gasteiger partial charge in [0.05, 0.1) is 0 Å². The van der Waals surface area contributed by atoms with E-state index >= 15 is 0 Å². The lowest BCUT2D eigenvalue weighted by Gasteiger charge is -2.14. The van der Waals surface area contributed by atoms with E-state index in [4.69, 9.17) is 5.73 Å². The average Bonchev–Trinajstić information content (AvgIpc) is 2.83. The fraction of sp³-hybridized carbons (Fsp3) is 0.467. The molecule has 1 aromatic rings. The predicted molar refractivity (Wildman–Crippen MR) is 73.7 cm³/mol. The first-order valence-corrected chi connectivity index (χ1v) is 6.56. The molecule has 2 nitrogen and oxygen atoms in total. The largest absolute Gasteiger partial charge is 0.330 e. The molecule has 0 spiro atoms. The van der Waals surface area contributed by atoms with Gasteiger partial charge in [0.2, 0.25) is 0 Å². The van der Waals surface area contributed by atoms with E-state index in [1.807, 2.05) is 0 Å². The maximum Gasteiger partial charge on any atom is 0.0233 e. The molecule has 2 heteroatoms. The third-order valence-corrected chi connectivity index (χ3v) is 3.20. The van der Waals surface area contributed by atoms with Crippen molar-refractivity contribution in [2.45, 2.75) is 25.8 Å². The molecule has 0 saturated carbocycles. The summed E-state index contributed by atoms with van der Waals surface area (Å²) in [5, 5.41) is 0. The van der Waals surface area contributed by atoms with Crippen LogP contribution in [0.15, 0.2) is 30.3 Å². The quantitative estimate of drug-likeness (QED) is 0.842. The van der Waals surface area contributed by atoms with E-state index in [-0.39, 0.29) is 0 Å². The molecule has 1 aliphatic heterocycles. The standard InChI is InChI=1S/C15H22N2/c16-9-2-1-6-14-7-5-8-15(12-14)13-17-10-3-4-11-17/h1,5-8,12H,2-4,9-11,13,16H2. The Morgan fingerprint density at radius 1 is 1.24 bits per heavy atom. The van der Waals surface area contributed by atoms with Gasteiger partial charge in [-0.1, -0.05) is 36.4 Å². The first-order valence-electron chi connectivity index (χ1n) is 6.56. The monoisotopic (exact) mass is 230 g/mol. The van der Waals surface area contributed by atoms with Crippen LogP contribution in [0.5, 0.6) is 0 Å². The predicted octanol–water partition coefficient (Wildman–Crippen LogP) is 2.64. The first-order chi connectivity index (χ1) is 8.38. The third-order valence-electron chi connectivity index (χ3n) is 3.20. The lowest BCUT2D eigenvalue weighted by atomic mass is 10.1. The minimum absolute atomic E-state index is 0.726. The smallest absolute Gasteiger partial charge is 0.0233 e. The minimum atomic E-state index is 0.726. The lowest BCUT2D eigenvalue weighted by Crippen LogP contribution is -2.18. The van der Waals surface area contributed by atoms with Gasteiger partial charge in [-0.25, -0.2) is 0 Å². The number of hydrogen-bond donors (Lipinski definition) is 1. The molecule has 0 unspecified atom stereocenters. The molecule has 0 aliphatic carbocycles. The van der Waals surface area contributed by atoms with Gasteiger partial charge in [0, 0.05) is 6.54 Å². The van der Waals surface area contributed by atoms with Gasteiger partial charge in [-0.3, -0.25) is 4.90 Å². The summed E-state index contributed by atoms with van der Waals surface area (Å²) in [6.07, 6.45) is 7.98. The van der Waals surface area contributed by atoms with E-state index in [1.54, 1.807) is 0 Å². The molecule has 1 aliphatic rings. The van der Waals surface area contributed by atoms with Crippen molar-refractivity contribution in [3.8, 4) is 0 Å². The molecule has 0 aromatic heterocycles. The molecular weight excluding hydrogens is 208 g/mol. The Hall–Kier alpha value is -1.12. The van der Waals surface area contributed by atoms with E-state index in [0.717, 1.165) is 19.5 Å². The zero-order valence-corrected chi connectivity index (χ0v) is 10.4. The Bertz CT molecular complexity index is 365. The van der Waals surface area contributed by atoms with Crippen molar-refractivity contribution in [3.63, 3.8) is 0 Å². The van der Waals surface area contributed by atoms with Crippen LogP contribution in [0.1, 0.15) is 30.4 Å².